The maximum atomic E-state index is 6.35. The van der Waals surface area contributed by atoms with Crippen LogP contribution in [-0.2, 0) is 6.54 Å². The summed E-state index contributed by atoms with van der Waals surface area (Å²) in [5.41, 5.74) is 8.97. The minimum atomic E-state index is 0.466. The number of anilines is 2. The Morgan fingerprint density at radius 1 is 1.45 bits per heavy atom. The highest BCUT2D eigenvalue weighted by molar-refractivity contribution is 6.32. The second kappa shape index (κ2) is 7.00. The van der Waals surface area contributed by atoms with Crippen molar-refractivity contribution in [3.63, 3.8) is 0 Å². The van der Waals surface area contributed by atoms with Gasteiger partial charge in [0.25, 0.3) is 0 Å². The number of nitrogens with zero attached hydrogens (tertiary/aromatic N) is 1. The van der Waals surface area contributed by atoms with Gasteiger partial charge in [-0.15, -0.1) is 0 Å². The Balaban J connectivity index is 2.15. The first-order chi connectivity index (χ1) is 9.63. The fourth-order valence-corrected chi connectivity index (χ4v) is 2.78. The van der Waals surface area contributed by atoms with Crippen molar-refractivity contribution in [2.75, 3.05) is 24.1 Å². The number of benzene rings is 1. The van der Waals surface area contributed by atoms with E-state index in [-0.39, 0.29) is 0 Å². The summed E-state index contributed by atoms with van der Waals surface area (Å²) >= 11 is 6.35. The van der Waals surface area contributed by atoms with Gasteiger partial charge in [-0.3, -0.25) is 4.90 Å². The molecular formula is C16H24ClN3. The Hall–Kier alpha value is -1.19. The van der Waals surface area contributed by atoms with Crippen molar-refractivity contribution < 1.29 is 0 Å². The molecule has 0 saturated carbocycles. The van der Waals surface area contributed by atoms with Crippen molar-refractivity contribution in [2.45, 2.75) is 39.3 Å². The number of nitrogens with one attached hydrogen (secondary N) is 1. The smallest absolute Gasteiger partial charge is 0.0635 e. The molecule has 1 aromatic rings. The van der Waals surface area contributed by atoms with Gasteiger partial charge in [0.2, 0.25) is 0 Å². The van der Waals surface area contributed by atoms with Gasteiger partial charge in [-0.2, -0.15) is 0 Å². The van der Waals surface area contributed by atoms with Crippen LogP contribution in [0.3, 0.4) is 0 Å². The van der Waals surface area contributed by atoms with E-state index >= 15 is 0 Å². The van der Waals surface area contributed by atoms with E-state index in [4.69, 9.17) is 17.3 Å². The molecule has 1 aromatic carbocycles. The van der Waals surface area contributed by atoms with Crippen LogP contribution in [0.15, 0.2) is 24.3 Å². The zero-order chi connectivity index (χ0) is 14.5. The third kappa shape index (κ3) is 3.47. The Kier molecular flexibility index (Phi) is 5.32. The highest BCUT2D eigenvalue weighted by Gasteiger charge is 2.22. The van der Waals surface area contributed by atoms with Crippen LogP contribution in [0.2, 0.25) is 5.02 Å². The van der Waals surface area contributed by atoms with Gasteiger partial charge in [-0.05, 0) is 31.9 Å². The molecule has 4 heteroatoms. The normalized spacial score (nSPS) is 19.6. The highest BCUT2D eigenvalue weighted by Crippen LogP contribution is 2.33. The van der Waals surface area contributed by atoms with Crippen LogP contribution < -0.4 is 11.1 Å². The van der Waals surface area contributed by atoms with E-state index in [0.717, 1.165) is 54.4 Å². The average Bonchev–Trinajstić information content (AvgIpc) is 2.60. The summed E-state index contributed by atoms with van der Waals surface area (Å²) in [6.45, 7) is 7.20. The molecule has 0 aliphatic carbocycles. The average molecular weight is 294 g/mol. The number of halogens is 1. The number of rotatable bonds is 4. The first-order valence-electron chi connectivity index (χ1n) is 7.33. The van der Waals surface area contributed by atoms with Crippen molar-refractivity contribution in [3.8, 4) is 0 Å². The molecule has 0 amide bonds. The lowest BCUT2D eigenvalue weighted by molar-refractivity contribution is 0.216. The van der Waals surface area contributed by atoms with Crippen molar-refractivity contribution in [3.05, 3.63) is 34.9 Å². The maximum absolute atomic E-state index is 6.35. The number of fused-ring (bicyclic) bond motifs is 1. The predicted molar refractivity (Wildman–Crippen MR) is 88.3 cm³/mol. The van der Waals surface area contributed by atoms with E-state index in [2.05, 4.69) is 36.2 Å². The largest absolute Gasteiger partial charge is 0.397 e. The van der Waals surface area contributed by atoms with Crippen molar-refractivity contribution in [2.24, 2.45) is 0 Å². The molecule has 0 bridgehead atoms. The number of nitrogens with two attached hydrogens (primary N) is 1. The van der Waals surface area contributed by atoms with Gasteiger partial charge >= 0.3 is 0 Å². The molecule has 1 aliphatic heterocycles. The predicted octanol–water partition coefficient (Wildman–Crippen LogP) is 3.89. The summed E-state index contributed by atoms with van der Waals surface area (Å²) in [6, 6.07) is 4.23. The minimum Gasteiger partial charge on any atom is -0.397 e. The van der Waals surface area contributed by atoms with Crippen LogP contribution >= 0.6 is 11.6 Å². The molecule has 0 saturated heterocycles. The topological polar surface area (TPSA) is 41.3 Å². The number of allylic oxidation sites excluding steroid dienone is 1. The SMILES string of the molecule is CCC=CCCN1Cc2c(Cl)ccc(N)c2NC[C@@H]1C. The summed E-state index contributed by atoms with van der Waals surface area (Å²) in [6.07, 6.45) is 6.66. The highest BCUT2D eigenvalue weighted by atomic mass is 35.5. The van der Waals surface area contributed by atoms with E-state index < -0.39 is 0 Å². The lowest BCUT2D eigenvalue weighted by atomic mass is 10.1. The van der Waals surface area contributed by atoms with Gasteiger partial charge in [0.1, 0.15) is 0 Å². The number of nitrogen functional groups attached to an aromatic ring is 1. The third-order valence-corrected chi connectivity index (χ3v) is 4.19. The van der Waals surface area contributed by atoms with E-state index in [1.165, 1.54) is 0 Å². The van der Waals surface area contributed by atoms with Crippen LogP contribution in [0, 0.1) is 0 Å². The fraction of sp³-hybridized carbons (Fsp3) is 0.500. The minimum absolute atomic E-state index is 0.466. The first kappa shape index (κ1) is 15.2. The Labute approximate surface area is 126 Å². The molecule has 20 heavy (non-hydrogen) atoms. The summed E-state index contributed by atoms with van der Waals surface area (Å²) in [7, 11) is 0. The molecule has 3 nitrogen and oxygen atoms in total. The molecule has 0 unspecified atom stereocenters. The summed E-state index contributed by atoms with van der Waals surface area (Å²) in [5.74, 6) is 0. The molecule has 0 radical (unpaired) electrons. The Morgan fingerprint density at radius 3 is 3.00 bits per heavy atom. The standard InChI is InChI=1S/C16H24ClN3/c1-3-4-5-6-9-20-11-13-14(17)7-8-15(18)16(13)19-10-12(20)2/h4-5,7-8,12,19H,3,6,9-11,18H2,1-2H3/t12-/m0/s1. The van der Waals surface area contributed by atoms with Gasteiger partial charge in [0.15, 0.2) is 0 Å². The van der Waals surface area contributed by atoms with Crippen molar-refractivity contribution in [1.29, 1.82) is 0 Å². The molecular weight excluding hydrogens is 270 g/mol. The maximum Gasteiger partial charge on any atom is 0.0635 e. The van der Waals surface area contributed by atoms with E-state index in [1.807, 2.05) is 12.1 Å². The molecule has 110 valence electrons. The molecule has 2 rings (SSSR count). The lowest BCUT2D eigenvalue weighted by Gasteiger charge is -2.26. The fourth-order valence-electron chi connectivity index (χ4n) is 2.57. The second-order valence-electron chi connectivity index (χ2n) is 5.36. The molecule has 1 atom stereocenters. The molecule has 0 spiro atoms. The van der Waals surface area contributed by atoms with Gasteiger partial charge in [-0.1, -0.05) is 30.7 Å². The van der Waals surface area contributed by atoms with Gasteiger partial charge in [-0.25, -0.2) is 0 Å². The number of hydrogen-bond donors (Lipinski definition) is 2. The van der Waals surface area contributed by atoms with E-state index in [9.17, 15) is 0 Å². The Morgan fingerprint density at radius 2 is 2.25 bits per heavy atom. The summed E-state index contributed by atoms with van der Waals surface area (Å²) in [5, 5.41) is 4.24. The van der Waals surface area contributed by atoms with Gasteiger partial charge < -0.3 is 11.1 Å². The first-order valence-corrected chi connectivity index (χ1v) is 7.71. The number of hydrogen-bond acceptors (Lipinski definition) is 3. The lowest BCUT2D eigenvalue weighted by Crippen LogP contribution is -2.35. The summed E-state index contributed by atoms with van der Waals surface area (Å²) < 4.78 is 0. The zero-order valence-corrected chi connectivity index (χ0v) is 13.1. The van der Waals surface area contributed by atoms with Crippen LogP contribution in [0.4, 0.5) is 11.4 Å². The van der Waals surface area contributed by atoms with Crippen LogP contribution in [0.5, 0.6) is 0 Å². The summed E-state index contributed by atoms with van der Waals surface area (Å²) in [4.78, 5) is 2.46. The van der Waals surface area contributed by atoms with Gasteiger partial charge in [0.05, 0.1) is 11.4 Å². The molecule has 0 aromatic heterocycles. The molecule has 1 heterocycles. The Bertz CT molecular complexity index is 485. The van der Waals surface area contributed by atoms with Crippen molar-refractivity contribution >= 4 is 23.0 Å². The van der Waals surface area contributed by atoms with Crippen LogP contribution in [0.1, 0.15) is 32.3 Å². The van der Waals surface area contributed by atoms with Gasteiger partial charge in [0, 0.05) is 36.3 Å². The van der Waals surface area contributed by atoms with E-state index in [0.29, 0.717) is 6.04 Å². The monoisotopic (exact) mass is 293 g/mol. The molecule has 3 N–H and O–H groups in total. The second-order valence-corrected chi connectivity index (χ2v) is 5.77. The molecule has 0 fully saturated rings. The zero-order valence-electron chi connectivity index (χ0n) is 12.3. The quantitative estimate of drug-likeness (QED) is 0.653. The molecule has 1 aliphatic rings. The van der Waals surface area contributed by atoms with E-state index in [1.54, 1.807) is 0 Å². The third-order valence-electron chi connectivity index (χ3n) is 3.83. The van der Waals surface area contributed by atoms with Crippen LogP contribution in [0.25, 0.3) is 0 Å². The van der Waals surface area contributed by atoms with Crippen LogP contribution in [-0.4, -0.2) is 24.0 Å². The van der Waals surface area contributed by atoms with Crippen molar-refractivity contribution in [1.82, 2.24) is 4.90 Å².